The van der Waals surface area contributed by atoms with Gasteiger partial charge in [-0.3, -0.25) is 0 Å². The average Bonchev–Trinajstić information content (AvgIpc) is 2.26. The van der Waals surface area contributed by atoms with Crippen molar-refractivity contribution in [3.8, 4) is 6.07 Å². The molecule has 15 heavy (non-hydrogen) atoms. The second-order valence-corrected chi connectivity index (χ2v) is 3.29. The van der Waals surface area contributed by atoms with Crippen LogP contribution in [0.2, 0.25) is 0 Å². The van der Waals surface area contributed by atoms with E-state index in [1.807, 2.05) is 6.07 Å². The van der Waals surface area contributed by atoms with Gasteiger partial charge in [-0.15, -0.1) is 0 Å². The van der Waals surface area contributed by atoms with E-state index in [0.29, 0.717) is 10.9 Å². The fourth-order valence-corrected chi connectivity index (χ4v) is 1.61. The Kier molecular flexibility index (Phi) is 3.81. The number of esters is 1. The predicted octanol–water partition coefficient (Wildman–Crippen LogP) is 2.38. The van der Waals surface area contributed by atoms with Crippen molar-refractivity contribution in [3.05, 3.63) is 34.6 Å². The van der Waals surface area contributed by atoms with E-state index < -0.39 is 11.8 Å². The van der Waals surface area contributed by atoms with E-state index in [9.17, 15) is 9.18 Å². The molecule has 0 aromatic heterocycles. The molecule has 0 saturated heterocycles. The summed E-state index contributed by atoms with van der Waals surface area (Å²) < 4.78 is 17.6. The quantitative estimate of drug-likeness (QED) is 0.613. The van der Waals surface area contributed by atoms with Gasteiger partial charge >= 0.3 is 5.97 Å². The Hall–Kier alpha value is -1.41. The first-order chi connectivity index (χ1) is 7.13. The summed E-state index contributed by atoms with van der Waals surface area (Å²) in [6.45, 7) is 0. The highest BCUT2D eigenvalue weighted by Gasteiger charge is 2.16. The van der Waals surface area contributed by atoms with Gasteiger partial charge in [-0.2, -0.15) is 5.26 Å². The molecule has 0 spiro atoms. The largest absolute Gasteiger partial charge is 0.465 e. The van der Waals surface area contributed by atoms with E-state index >= 15 is 0 Å². The van der Waals surface area contributed by atoms with Crippen LogP contribution < -0.4 is 0 Å². The lowest BCUT2D eigenvalue weighted by atomic mass is 10.0. The Morgan fingerprint density at radius 2 is 2.33 bits per heavy atom. The maximum atomic E-state index is 13.1. The fourth-order valence-electron chi connectivity index (χ4n) is 1.17. The zero-order valence-electron chi connectivity index (χ0n) is 7.88. The molecule has 0 N–H and O–H groups in total. The van der Waals surface area contributed by atoms with Crippen molar-refractivity contribution in [3.63, 3.8) is 0 Å². The minimum atomic E-state index is -0.715. The van der Waals surface area contributed by atoms with Gasteiger partial charge in [0.05, 0.1) is 18.2 Å². The highest BCUT2D eigenvalue weighted by molar-refractivity contribution is 9.08. The number of alkyl halides is 1. The lowest BCUT2D eigenvalue weighted by Gasteiger charge is -2.06. The molecule has 0 heterocycles. The van der Waals surface area contributed by atoms with Crippen LogP contribution in [0.15, 0.2) is 12.1 Å². The molecule has 78 valence electrons. The molecule has 0 fully saturated rings. The van der Waals surface area contributed by atoms with E-state index in [0.717, 1.165) is 6.07 Å². The average molecular weight is 272 g/mol. The third-order valence-corrected chi connectivity index (χ3v) is 2.45. The van der Waals surface area contributed by atoms with Crippen molar-refractivity contribution >= 4 is 21.9 Å². The second kappa shape index (κ2) is 4.89. The Balaban J connectivity index is 3.43. The molecule has 0 unspecified atom stereocenters. The summed E-state index contributed by atoms with van der Waals surface area (Å²) in [7, 11) is 1.18. The molecule has 0 amide bonds. The molecule has 0 bridgehead atoms. The number of halogens is 2. The fraction of sp³-hybridized carbons (Fsp3) is 0.200. The van der Waals surface area contributed by atoms with Crippen LogP contribution in [-0.4, -0.2) is 13.1 Å². The van der Waals surface area contributed by atoms with Crippen LogP contribution >= 0.6 is 15.9 Å². The van der Waals surface area contributed by atoms with Crippen molar-refractivity contribution in [2.75, 3.05) is 7.11 Å². The summed E-state index contributed by atoms with van der Waals surface area (Å²) in [5, 5.41) is 9.17. The minimum absolute atomic E-state index is 0.0468. The molecule has 1 aromatic carbocycles. The van der Waals surface area contributed by atoms with Gasteiger partial charge in [-0.1, -0.05) is 15.9 Å². The standard InChI is InChI=1S/C10H7BrFNO2/c1-15-10(14)8-3-7(12)2-6(4-11)9(8)5-13/h2-3H,4H2,1H3. The zero-order chi connectivity index (χ0) is 11.4. The number of carbonyl (C=O) groups excluding carboxylic acids is 1. The normalized spacial score (nSPS) is 9.47. The van der Waals surface area contributed by atoms with Gasteiger partial charge < -0.3 is 4.74 Å². The molecule has 1 aromatic rings. The number of hydrogen-bond donors (Lipinski definition) is 0. The maximum absolute atomic E-state index is 13.1. The lowest BCUT2D eigenvalue weighted by molar-refractivity contribution is 0.0599. The number of hydrogen-bond acceptors (Lipinski definition) is 3. The molecule has 3 nitrogen and oxygen atoms in total. The van der Waals surface area contributed by atoms with Gasteiger partial charge in [0.2, 0.25) is 0 Å². The number of rotatable bonds is 2. The molecular formula is C10H7BrFNO2. The maximum Gasteiger partial charge on any atom is 0.339 e. The summed E-state index contributed by atoms with van der Waals surface area (Å²) in [4.78, 5) is 11.3. The van der Waals surface area contributed by atoms with Gasteiger partial charge in [0.25, 0.3) is 0 Å². The Bertz CT molecular complexity index is 440. The summed E-state index contributed by atoms with van der Waals surface area (Å²) >= 11 is 3.12. The number of methoxy groups -OCH3 is 1. The van der Waals surface area contributed by atoms with Crippen LogP contribution in [0.1, 0.15) is 21.5 Å². The van der Waals surface area contributed by atoms with Gasteiger partial charge in [-0.05, 0) is 17.7 Å². The minimum Gasteiger partial charge on any atom is -0.465 e. The molecule has 0 aliphatic rings. The molecule has 0 aliphatic carbocycles. The van der Waals surface area contributed by atoms with E-state index in [1.165, 1.54) is 13.2 Å². The SMILES string of the molecule is COC(=O)c1cc(F)cc(CBr)c1C#N. The van der Waals surface area contributed by atoms with Crippen LogP contribution in [0.25, 0.3) is 0 Å². The van der Waals surface area contributed by atoms with Crippen LogP contribution in [0.3, 0.4) is 0 Å². The van der Waals surface area contributed by atoms with E-state index in [-0.39, 0.29) is 11.1 Å². The third kappa shape index (κ3) is 2.34. The van der Waals surface area contributed by atoms with Crippen molar-refractivity contribution in [2.45, 2.75) is 5.33 Å². The summed E-state index contributed by atoms with van der Waals surface area (Å²) in [6, 6.07) is 4.06. The Morgan fingerprint density at radius 3 is 2.80 bits per heavy atom. The Morgan fingerprint density at radius 1 is 1.67 bits per heavy atom. The molecule has 0 aliphatic heterocycles. The molecule has 0 atom stereocenters. The highest BCUT2D eigenvalue weighted by Crippen LogP contribution is 2.19. The predicted molar refractivity (Wildman–Crippen MR) is 55.1 cm³/mol. The van der Waals surface area contributed by atoms with Gasteiger partial charge in [-0.25, -0.2) is 9.18 Å². The molecule has 5 heteroatoms. The van der Waals surface area contributed by atoms with Gasteiger partial charge in [0.1, 0.15) is 11.9 Å². The van der Waals surface area contributed by atoms with Crippen molar-refractivity contribution in [2.24, 2.45) is 0 Å². The van der Waals surface area contributed by atoms with Crippen molar-refractivity contribution < 1.29 is 13.9 Å². The molecular weight excluding hydrogens is 265 g/mol. The first kappa shape index (κ1) is 11.7. The number of benzene rings is 1. The lowest BCUT2D eigenvalue weighted by Crippen LogP contribution is -2.07. The topological polar surface area (TPSA) is 50.1 Å². The first-order valence-corrected chi connectivity index (χ1v) is 5.13. The summed E-state index contributed by atoms with van der Waals surface area (Å²) in [5.41, 5.74) is 0.521. The zero-order valence-corrected chi connectivity index (χ0v) is 9.47. The highest BCUT2D eigenvalue weighted by atomic mass is 79.9. The van der Waals surface area contributed by atoms with E-state index in [2.05, 4.69) is 20.7 Å². The third-order valence-electron chi connectivity index (χ3n) is 1.85. The number of carbonyl (C=O) groups is 1. The smallest absolute Gasteiger partial charge is 0.339 e. The van der Waals surface area contributed by atoms with Crippen LogP contribution in [0.4, 0.5) is 4.39 Å². The monoisotopic (exact) mass is 271 g/mol. The summed E-state index contributed by atoms with van der Waals surface area (Å²) in [5.74, 6) is -1.28. The first-order valence-electron chi connectivity index (χ1n) is 4.00. The molecule has 0 saturated carbocycles. The molecule has 1 rings (SSSR count). The van der Waals surface area contributed by atoms with Gasteiger partial charge in [0.15, 0.2) is 0 Å². The van der Waals surface area contributed by atoms with Crippen molar-refractivity contribution in [1.82, 2.24) is 0 Å². The second-order valence-electron chi connectivity index (χ2n) is 2.72. The van der Waals surface area contributed by atoms with Crippen LogP contribution in [-0.2, 0) is 10.1 Å². The number of nitriles is 1. The van der Waals surface area contributed by atoms with E-state index in [1.54, 1.807) is 0 Å². The van der Waals surface area contributed by atoms with E-state index in [4.69, 9.17) is 5.26 Å². The molecule has 0 radical (unpaired) electrons. The van der Waals surface area contributed by atoms with Gasteiger partial charge in [0, 0.05) is 5.33 Å². The number of ether oxygens (including phenoxy) is 1. The number of nitrogens with zero attached hydrogens (tertiary/aromatic N) is 1. The van der Waals surface area contributed by atoms with Crippen molar-refractivity contribution in [1.29, 1.82) is 5.26 Å². The van der Waals surface area contributed by atoms with Crippen LogP contribution in [0, 0.1) is 17.1 Å². The summed E-state index contributed by atoms with van der Waals surface area (Å²) in [6.07, 6.45) is 0. The van der Waals surface area contributed by atoms with Crippen LogP contribution in [0.5, 0.6) is 0 Å². The Labute approximate surface area is 94.6 Å².